The zero-order valence-electron chi connectivity index (χ0n) is 11.7. The lowest BCUT2D eigenvalue weighted by atomic mass is 9.83. The smallest absolute Gasteiger partial charge is 0.0771 e. The monoisotopic (exact) mass is 259 g/mol. The fourth-order valence-corrected chi connectivity index (χ4v) is 3.67. The summed E-state index contributed by atoms with van der Waals surface area (Å²) in [6.07, 6.45) is 9.25. The van der Waals surface area contributed by atoms with E-state index >= 15 is 0 Å². The standard InChI is InChI=1S/C17H25NO/c19-17(11-4-1-5-12-17)13-18-16-10-6-8-14-7-2-3-9-15(14)16/h2-3,7,9,16,18-19H,1,4-6,8,10-13H2/t16-/m0/s1. The normalized spacial score (nSPS) is 25.8. The second-order valence-electron chi connectivity index (χ2n) is 6.31. The van der Waals surface area contributed by atoms with Crippen LogP contribution in [0.3, 0.4) is 0 Å². The fraction of sp³-hybridized carbons (Fsp3) is 0.647. The molecule has 2 aliphatic rings. The number of fused-ring (bicyclic) bond motifs is 1. The Kier molecular flexibility index (Phi) is 3.90. The van der Waals surface area contributed by atoms with Crippen molar-refractivity contribution >= 4 is 0 Å². The quantitative estimate of drug-likeness (QED) is 0.872. The van der Waals surface area contributed by atoms with Crippen molar-refractivity contribution in [2.75, 3.05) is 6.54 Å². The van der Waals surface area contributed by atoms with Crippen LogP contribution in [0.1, 0.15) is 62.1 Å². The molecule has 19 heavy (non-hydrogen) atoms. The molecule has 2 aliphatic carbocycles. The Hall–Kier alpha value is -0.860. The predicted molar refractivity (Wildman–Crippen MR) is 78.2 cm³/mol. The van der Waals surface area contributed by atoms with Crippen molar-refractivity contribution in [2.45, 2.75) is 63.0 Å². The summed E-state index contributed by atoms with van der Waals surface area (Å²) < 4.78 is 0. The Bertz CT molecular complexity index is 423. The number of hydrogen-bond acceptors (Lipinski definition) is 2. The van der Waals surface area contributed by atoms with Crippen LogP contribution in [-0.4, -0.2) is 17.3 Å². The molecule has 0 amide bonds. The summed E-state index contributed by atoms with van der Waals surface area (Å²) in [6.45, 7) is 0.756. The molecule has 0 unspecified atom stereocenters. The van der Waals surface area contributed by atoms with Crippen molar-refractivity contribution in [3.63, 3.8) is 0 Å². The fourth-order valence-electron chi connectivity index (χ4n) is 3.67. The van der Waals surface area contributed by atoms with Crippen LogP contribution < -0.4 is 5.32 Å². The van der Waals surface area contributed by atoms with Gasteiger partial charge in [-0.05, 0) is 43.2 Å². The Balaban J connectivity index is 1.64. The first-order chi connectivity index (χ1) is 9.27. The SMILES string of the molecule is OC1(CN[C@H]2CCCc3ccccc32)CCCCC1. The molecule has 0 heterocycles. The summed E-state index contributed by atoms with van der Waals surface area (Å²) in [5.41, 5.74) is 2.49. The van der Waals surface area contributed by atoms with Gasteiger partial charge in [0.1, 0.15) is 0 Å². The van der Waals surface area contributed by atoms with Crippen LogP contribution in [0.15, 0.2) is 24.3 Å². The summed E-state index contributed by atoms with van der Waals surface area (Å²) >= 11 is 0. The molecule has 3 rings (SSSR count). The van der Waals surface area contributed by atoms with Gasteiger partial charge in [0.05, 0.1) is 5.60 Å². The van der Waals surface area contributed by atoms with Crippen LogP contribution in [-0.2, 0) is 6.42 Å². The average molecular weight is 259 g/mol. The molecule has 1 saturated carbocycles. The Labute approximate surface area is 116 Å². The lowest BCUT2D eigenvalue weighted by Gasteiger charge is -2.35. The first kappa shape index (κ1) is 13.1. The highest BCUT2D eigenvalue weighted by atomic mass is 16.3. The van der Waals surface area contributed by atoms with E-state index in [-0.39, 0.29) is 0 Å². The largest absolute Gasteiger partial charge is 0.389 e. The highest BCUT2D eigenvalue weighted by Crippen LogP contribution is 2.32. The van der Waals surface area contributed by atoms with Gasteiger partial charge >= 0.3 is 0 Å². The minimum atomic E-state index is -0.454. The van der Waals surface area contributed by atoms with Crippen molar-refractivity contribution in [3.05, 3.63) is 35.4 Å². The van der Waals surface area contributed by atoms with Crippen LogP contribution in [0.2, 0.25) is 0 Å². The van der Waals surface area contributed by atoms with Crippen LogP contribution >= 0.6 is 0 Å². The van der Waals surface area contributed by atoms with Gasteiger partial charge in [0.25, 0.3) is 0 Å². The van der Waals surface area contributed by atoms with E-state index < -0.39 is 5.60 Å². The van der Waals surface area contributed by atoms with Crippen molar-refractivity contribution in [1.82, 2.24) is 5.32 Å². The summed E-state index contributed by atoms with van der Waals surface area (Å²) in [5, 5.41) is 14.2. The number of aryl methyl sites for hydroxylation is 1. The minimum Gasteiger partial charge on any atom is -0.389 e. The van der Waals surface area contributed by atoms with Crippen molar-refractivity contribution in [1.29, 1.82) is 0 Å². The molecule has 2 N–H and O–H groups in total. The van der Waals surface area contributed by atoms with Crippen LogP contribution in [0.25, 0.3) is 0 Å². The third kappa shape index (κ3) is 3.01. The number of benzene rings is 1. The first-order valence-electron chi connectivity index (χ1n) is 7.80. The molecule has 0 aliphatic heterocycles. The van der Waals surface area contributed by atoms with E-state index in [9.17, 15) is 5.11 Å². The molecule has 1 fully saturated rings. The lowest BCUT2D eigenvalue weighted by molar-refractivity contribution is 0.00215. The molecule has 0 saturated heterocycles. The van der Waals surface area contributed by atoms with E-state index in [1.54, 1.807) is 0 Å². The topological polar surface area (TPSA) is 32.3 Å². The third-order valence-corrected chi connectivity index (χ3v) is 4.83. The van der Waals surface area contributed by atoms with Gasteiger partial charge in [-0.15, -0.1) is 0 Å². The molecule has 2 nitrogen and oxygen atoms in total. The molecule has 0 aromatic heterocycles. The first-order valence-corrected chi connectivity index (χ1v) is 7.80. The molecular weight excluding hydrogens is 234 g/mol. The van der Waals surface area contributed by atoms with E-state index in [2.05, 4.69) is 29.6 Å². The van der Waals surface area contributed by atoms with Gasteiger partial charge in [-0.3, -0.25) is 0 Å². The maximum absolute atomic E-state index is 10.6. The van der Waals surface area contributed by atoms with Crippen LogP contribution in [0, 0.1) is 0 Å². The molecular formula is C17H25NO. The van der Waals surface area contributed by atoms with E-state index in [1.165, 1.54) is 49.7 Å². The minimum absolute atomic E-state index is 0.441. The molecule has 1 atom stereocenters. The molecule has 1 aromatic carbocycles. The highest BCUT2D eigenvalue weighted by Gasteiger charge is 2.30. The zero-order valence-corrected chi connectivity index (χ0v) is 11.7. The maximum Gasteiger partial charge on any atom is 0.0771 e. The van der Waals surface area contributed by atoms with Gasteiger partial charge < -0.3 is 10.4 Å². The Morgan fingerprint density at radius 2 is 1.89 bits per heavy atom. The molecule has 0 radical (unpaired) electrons. The van der Waals surface area contributed by atoms with Gasteiger partial charge in [0.2, 0.25) is 0 Å². The molecule has 0 bridgehead atoms. The zero-order chi connectivity index (χ0) is 13.1. The van der Waals surface area contributed by atoms with Crippen LogP contribution in [0.4, 0.5) is 0 Å². The molecule has 0 spiro atoms. The van der Waals surface area contributed by atoms with Gasteiger partial charge in [-0.1, -0.05) is 43.5 Å². The predicted octanol–water partition coefficient (Wildman–Crippen LogP) is 3.35. The number of nitrogens with one attached hydrogen (secondary N) is 1. The van der Waals surface area contributed by atoms with Crippen molar-refractivity contribution in [3.8, 4) is 0 Å². The maximum atomic E-state index is 10.6. The summed E-state index contributed by atoms with van der Waals surface area (Å²) in [6, 6.07) is 9.20. The van der Waals surface area contributed by atoms with Crippen molar-refractivity contribution < 1.29 is 5.11 Å². The van der Waals surface area contributed by atoms with E-state index in [0.717, 1.165) is 19.4 Å². The second kappa shape index (κ2) is 5.64. The van der Waals surface area contributed by atoms with Gasteiger partial charge in [0, 0.05) is 12.6 Å². The third-order valence-electron chi connectivity index (χ3n) is 4.83. The van der Waals surface area contributed by atoms with Gasteiger partial charge in [-0.25, -0.2) is 0 Å². The van der Waals surface area contributed by atoms with Gasteiger partial charge in [-0.2, -0.15) is 0 Å². The Morgan fingerprint density at radius 1 is 1.11 bits per heavy atom. The summed E-state index contributed by atoms with van der Waals surface area (Å²) in [5.74, 6) is 0. The number of hydrogen-bond donors (Lipinski definition) is 2. The summed E-state index contributed by atoms with van der Waals surface area (Å²) in [7, 11) is 0. The van der Waals surface area contributed by atoms with E-state index in [4.69, 9.17) is 0 Å². The van der Waals surface area contributed by atoms with E-state index in [1.807, 2.05) is 0 Å². The highest BCUT2D eigenvalue weighted by molar-refractivity contribution is 5.32. The van der Waals surface area contributed by atoms with Crippen LogP contribution in [0.5, 0.6) is 0 Å². The lowest BCUT2D eigenvalue weighted by Crippen LogP contribution is -2.43. The molecule has 1 aromatic rings. The summed E-state index contributed by atoms with van der Waals surface area (Å²) in [4.78, 5) is 0. The van der Waals surface area contributed by atoms with Gasteiger partial charge in [0.15, 0.2) is 0 Å². The molecule has 104 valence electrons. The average Bonchev–Trinajstić information content (AvgIpc) is 2.46. The second-order valence-corrected chi connectivity index (χ2v) is 6.31. The van der Waals surface area contributed by atoms with Crippen molar-refractivity contribution in [2.24, 2.45) is 0 Å². The number of aliphatic hydroxyl groups is 1. The molecule has 2 heteroatoms. The number of rotatable bonds is 3. The Morgan fingerprint density at radius 3 is 2.74 bits per heavy atom. The van der Waals surface area contributed by atoms with E-state index in [0.29, 0.717) is 6.04 Å².